The molecule has 0 aliphatic rings. The highest BCUT2D eigenvalue weighted by Gasteiger charge is 2.10. The molecule has 0 atom stereocenters. The van der Waals surface area contributed by atoms with E-state index >= 15 is 0 Å². The fraction of sp³-hybridized carbons (Fsp3) is 0.0667. The summed E-state index contributed by atoms with van der Waals surface area (Å²) >= 11 is 0. The van der Waals surface area contributed by atoms with Gasteiger partial charge in [0.25, 0.3) is 0 Å². The number of aryl methyl sites for hydroxylation is 1. The summed E-state index contributed by atoms with van der Waals surface area (Å²) in [7, 11) is 0. The zero-order valence-electron chi connectivity index (χ0n) is 10.3. The van der Waals surface area contributed by atoms with Crippen LogP contribution in [0.3, 0.4) is 0 Å². The van der Waals surface area contributed by atoms with Crippen LogP contribution in [0.25, 0.3) is 22.6 Å². The average Bonchev–Trinajstić information content (AvgIpc) is 2.82. The molecule has 0 fully saturated rings. The van der Waals surface area contributed by atoms with Gasteiger partial charge in [0.15, 0.2) is 5.58 Å². The Balaban J connectivity index is 2.17. The molecule has 0 aliphatic heterocycles. The van der Waals surface area contributed by atoms with Crippen LogP contribution in [0, 0.1) is 6.92 Å². The maximum absolute atomic E-state index is 10.2. The van der Waals surface area contributed by atoms with Gasteiger partial charge < -0.3 is 4.42 Å². The van der Waals surface area contributed by atoms with Gasteiger partial charge in [0.1, 0.15) is 5.52 Å². The Morgan fingerprint density at radius 2 is 2.05 bits per heavy atom. The van der Waals surface area contributed by atoms with Gasteiger partial charge in [-0.15, -0.1) is 0 Å². The molecule has 4 nitrogen and oxygen atoms in total. The van der Waals surface area contributed by atoms with E-state index in [0.29, 0.717) is 17.2 Å². The van der Waals surface area contributed by atoms with E-state index in [1.165, 1.54) is 6.08 Å². The molecule has 3 rings (SSSR count). The largest absolute Gasteiger partial charge is 0.436 e. The highest BCUT2D eigenvalue weighted by Crippen LogP contribution is 2.28. The number of oxazole rings is 1. The Morgan fingerprint density at radius 1 is 1.21 bits per heavy atom. The van der Waals surface area contributed by atoms with Crippen molar-refractivity contribution in [1.29, 1.82) is 0 Å². The number of fused-ring (bicyclic) bond motifs is 1. The van der Waals surface area contributed by atoms with Crippen molar-refractivity contribution < 1.29 is 9.21 Å². The standard InChI is InChI=1S/C15H10N2O2/c1-10-4-2-3-5-12(10)15-17-13-7-6-11(16-9-18)8-14(13)19-15/h2-8H,1H3. The molecule has 4 heteroatoms. The number of carbonyl (C=O) groups excluding carboxylic acids is 1. The molecule has 0 radical (unpaired) electrons. The summed E-state index contributed by atoms with van der Waals surface area (Å²) in [6.07, 6.45) is 1.51. The van der Waals surface area contributed by atoms with E-state index in [0.717, 1.165) is 16.6 Å². The summed E-state index contributed by atoms with van der Waals surface area (Å²) in [5, 5.41) is 0. The van der Waals surface area contributed by atoms with E-state index in [4.69, 9.17) is 4.42 Å². The second kappa shape index (κ2) is 4.52. The predicted octanol–water partition coefficient (Wildman–Crippen LogP) is 3.77. The minimum atomic E-state index is 0.509. The maximum Gasteiger partial charge on any atom is 0.240 e. The molecule has 0 spiro atoms. The third kappa shape index (κ3) is 2.05. The first-order chi connectivity index (χ1) is 9.28. The van der Waals surface area contributed by atoms with Crippen molar-refractivity contribution >= 4 is 22.9 Å². The summed E-state index contributed by atoms with van der Waals surface area (Å²) in [5.74, 6) is 0.570. The molecule has 0 aliphatic carbocycles. The smallest absolute Gasteiger partial charge is 0.240 e. The number of hydrogen-bond acceptors (Lipinski definition) is 4. The van der Waals surface area contributed by atoms with Crippen molar-refractivity contribution in [2.24, 2.45) is 4.99 Å². The van der Waals surface area contributed by atoms with Crippen molar-refractivity contribution in [2.75, 3.05) is 0 Å². The molecule has 0 bridgehead atoms. The number of nitrogens with zero attached hydrogens (tertiary/aromatic N) is 2. The zero-order chi connectivity index (χ0) is 13.2. The lowest BCUT2D eigenvalue weighted by Crippen LogP contribution is -1.81. The maximum atomic E-state index is 10.2. The van der Waals surface area contributed by atoms with Gasteiger partial charge in [-0.05, 0) is 30.7 Å². The Hall–Kier alpha value is -2.71. The molecule has 0 unspecified atom stereocenters. The molecule has 0 saturated heterocycles. The Bertz CT molecular complexity index is 799. The minimum absolute atomic E-state index is 0.509. The Kier molecular flexibility index (Phi) is 2.71. The van der Waals surface area contributed by atoms with Crippen LogP contribution < -0.4 is 0 Å². The van der Waals surface area contributed by atoms with E-state index in [2.05, 4.69) is 9.98 Å². The van der Waals surface area contributed by atoms with E-state index < -0.39 is 0 Å². The van der Waals surface area contributed by atoms with Crippen LogP contribution >= 0.6 is 0 Å². The van der Waals surface area contributed by atoms with Crippen LogP contribution in [-0.4, -0.2) is 11.1 Å². The first-order valence-electron chi connectivity index (χ1n) is 5.82. The number of hydrogen-bond donors (Lipinski definition) is 0. The summed E-state index contributed by atoms with van der Waals surface area (Å²) < 4.78 is 5.72. The third-order valence-electron chi connectivity index (χ3n) is 2.92. The Labute approximate surface area is 109 Å². The Morgan fingerprint density at radius 3 is 2.84 bits per heavy atom. The molecule has 3 aromatic rings. The van der Waals surface area contributed by atoms with Gasteiger partial charge >= 0.3 is 0 Å². The lowest BCUT2D eigenvalue weighted by atomic mass is 10.1. The molecule has 0 saturated carbocycles. The highest BCUT2D eigenvalue weighted by molar-refractivity contribution is 5.80. The van der Waals surface area contributed by atoms with Crippen LogP contribution in [0.1, 0.15) is 5.56 Å². The average molecular weight is 250 g/mol. The summed E-state index contributed by atoms with van der Waals surface area (Å²) in [6.45, 7) is 2.01. The number of rotatable bonds is 2. The van der Waals surface area contributed by atoms with Gasteiger partial charge in [-0.1, -0.05) is 18.2 Å². The van der Waals surface area contributed by atoms with E-state index in [-0.39, 0.29) is 0 Å². The van der Waals surface area contributed by atoms with Crippen molar-refractivity contribution in [2.45, 2.75) is 6.92 Å². The van der Waals surface area contributed by atoms with E-state index in [9.17, 15) is 4.79 Å². The van der Waals surface area contributed by atoms with Crippen LogP contribution in [0.15, 0.2) is 51.9 Å². The van der Waals surface area contributed by atoms with Gasteiger partial charge in [0.2, 0.25) is 12.0 Å². The number of aromatic nitrogens is 1. The van der Waals surface area contributed by atoms with Crippen LogP contribution in [0.4, 0.5) is 5.69 Å². The molecule has 0 amide bonds. The fourth-order valence-electron chi connectivity index (χ4n) is 1.96. The fourth-order valence-corrected chi connectivity index (χ4v) is 1.96. The van der Waals surface area contributed by atoms with Crippen molar-refractivity contribution in [3.05, 3.63) is 48.0 Å². The normalized spacial score (nSPS) is 10.4. The van der Waals surface area contributed by atoms with E-state index in [1.807, 2.05) is 31.2 Å². The van der Waals surface area contributed by atoms with Gasteiger partial charge in [0, 0.05) is 11.6 Å². The molecule has 0 N–H and O–H groups in total. The summed E-state index contributed by atoms with van der Waals surface area (Å²) in [4.78, 5) is 18.2. The summed E-state index contributed by atoms with van der Waals surface area (Å²) in [5.41, 5.74) is 3.91. The first kappa shape index (κ1) is 11.4. The van der Waals surface area contributed by atoms with Crippen molar-refractivity contribution in [1.82, 2.24) is 4.98 Å². The highest BCUT2D eigenvalue weighted by atomic mass is 16.3. The predicted molar refractivity (Wildman–Crippen MR) is 72.0 cm³/mol. The number of aliphatic imine (C=N–C) groups is 1. The summed E-state index contributed by atoms with van der Waals surface area (Å²) in [6, 6.07) is 13.0. The van der Waals surface area contributed by atoms with Gasteiger partial charge in [0.05, 0.1) is 5.69 Å². The first-order valence-corrected chi connectivity index (χ1v) is 5.82. The molecule has 2 aromatic carbocycles. The van der Waals surface area contributed by atoms with Gasteiger partial charge in [-0.3, -0.25) is 0 Å². The van der Waals surface area contributed by atoms with Crippen LogP contribution in [0.5, 0.6) is 0 Å². The lowest BCUT2D eigenvalue weighted by Gasteiger charge is -1.98. The monoisotopic (exact) mass is 250 g/mol. The van der Waals surface area contributed by atoms with Gasteiger partial charge in [-0.2, -0.15) is 4.99 Å². The van der Waals surface area contributed by atoms with Crippen LogP contribution in [0.2, 0.25) is 0 Å². The second-order valence-corrected chi connectivity index (χ2v) is 4.19. The molecule has 1 heterocycles. The lowest BCUT2D eigenvalue weighted by molar-refractivity contribution is 0.565. The second-order valence-electron chi connectivity index (χ2n) is 4.19. The number of isocyanates is 1. The molecular weight excluding hydrogens is 240 g/mol. The molecule has 92 valence electrons. The molecular formula is C15H10N2O2. The number of benzene rings is 2. The van der Waals surface area contributed by atoms with Crippen molar-refractivity contribution in [3.8, 4) is 11.5 Å². The quantitative estimate of drug-likeness (QED) is 0.514. The third-order valence-corrected chi connectivity index (χ3v) is 2.92. The topological polar surface area (TPSA) is 55.5 Å². The zero-order valence-corrected chi connectivity index (χ0v) is 10.3. The van der Waals surface area contributed by atoms with Crippen LogP contribution in [-0.2, 0) is 4.79 Å². The molecule has 1 aromatic heterocycles. The van der Waals surface area contributed by atoms with Crippen molar-refractivity contribution in [3.63, 3.8) is 0 Å². The minimum Gasteiger partial charge on any atom is -0.436 e. The van der Waals surface area contributed by atoms with Gasteiger partial charge in [-0.25, -0.2) is 9.78 Å². The SMILES string of the molecule is Cc1ccccc1-c1nc2ccc(N=C=O)cc2o1. The van der Waals surface area contributed by atoms with E-state index in [1.54, 1.807) is 18.2 Å². The molecule has 19 heavy (non-hydrogen) atoms.